The zero-order valence-electron chi connectivity index (χ0n) is 18.7. The van der Waals surface area contributed by atoms with Crippen molar-refractivity contribution in [1.82, 2.24) is 5.32 Å². The molecule has 1 saturated carbocycles. The lowest BCUT2D eigenvalue weighted by Gasteiger charge is -2.42. The zero-order valence-corrected chi connectivity index (χ0v) is 18.7. The van der Waals surface area contributed by atoms with Crippen LogP contribution in [0.3, 0.4) is 0 Å². The van der Waals surface area contributed by atoms with E-state index in [-0.39, 0.29) is 16.7 Å². The summed E-state index contributed by atoms with van der Waals surface area (Å²) < 4.78 is 5.94. The van der Waals surface area contributed by atoms with E-state index in [0.29, 0.717) is 11.8 Å². The topological polar surface area (TPSA) is 42.2 Å². The number of amides is 1. The van der Waals surface area contributed by atoms with Gasteiger partial charge in [-0.1, -0.05) is 52.7 Å². The fourth-order valence-corrected chi connectivity index (χ4v) is 5.07. The first-order valence-corrected chi connectivity index (χ1v) is 11.2. The lowest BCUT2D eigenvalue weighted by atomic mass is 9.62. The minimum atomic E-state index is -0.0757. The molecule has 156 valence electrons. The first-order chi connectivity index (χ1) is 13.7. The van der Waals surface area contributed by atoms with Crippen LogP contribution >= 0.6 is 0 Å². The Morgan fingerprint density at radius 2 is 1.66 bits per heavy atom. The molecule has 29 heavy (non-hydrogen) atoms. The molecule has 3 heteroatoms. The van der Waals surface area contributed by atoms with E-state index >= 15 is 0 Å². The summed E-state index contributed by atoms with van der Waals surface area (Å²) in [5.41, 5.74) is 5.99. The minimum Gasteiger partial charge on any atom is -0.456 e. The number of rotatable bonds is 4. The quantitative estimate of drug-likeness (QED) is 0.672. The van der Waals surface area contributed by atoms with Gasteiger partial charge in [0.25, 0.3) is 5.91 Å². The van der Waals surface area contributed by atoms with Crippen LogP contribution in [-0.2, 0) is 17.3 Å². The van der Waals surface area contributed by atoms with Gasteiger partial charge in [-0.25, -0.2) is 0 Å². The predicted molar refractivity (Wildman–Crippen MR) is 118 cm³/mol. The number of furan rings is 1. The minimum absolute atomic E-state index is 0.0757. The first kappa shape index (κ1) is 20.3. The number of nitrogens with one attached hydrogen (secondary N) is 1. The van der Waals surface area contributed by atoms with Gasteiger partial charge in [0.15, 0.2) is 5.76 Å². The summed E-state index contributed by atoms with van der Waals surface area (Å²) in [7, 11) is 0. The average molecular weight is 394 g/mol. The highest BCUT2D eigenvalue weighted by atomic mass is 16.3. The van der Waals surface area contributed by atoms with Crippen LogP contribution in [0, 0.1) is 6.92 Å². The molecule has 1 heterocycles. The van der Waals surface area contributed by atoms with Gasteiger partial charge in [0.1, 0.15) is 5.76 Å². The SMILES string of the molecule is Cc1cc2c(cc1Cc1ccc(C(=O)NC3CCCC3)o1)C(C)(C)CCC2(C)C. The van der Waals surface area contributed by atoms with E-state index in [1.165, 1.54) is 47.9 Å². The van der Waals surface area contributed by atoms with E-state index < -0.39 is 0 Å². The maximum atomic E-state index is 12.5. The van der Waals surface area contributed by atoms with Crippen molar-refractivity contribution in [2.45, 2.75) is 96.4 Å². The molecule has 3 nitrogen and oxygen atoms in total. The van der Waals surface area contributed by atoms with Gasteiger partial charge in [-0.2, -0.15) is 0 Å². The Balaban J connectivity index is 1.56. The molecule has 0 unspecified atom stereocenters. The van der Waals surface area contributed by atoms with Gasteiger partial charge in [-0.05, 0) is 77.8 Å². The first-order valence-electron chi connectivity index (χ1n) is 11.2. The molecular formula is C26H35NO2. The smallest absolute Gasteiger partial charge is 0.287 e. The molecule has 1 amide bonds. The van der Waals surface area contributed by atoms with Gasteiger partial charge < -0.3 is 9.73 Å². The number of carbonyl (C=O) groups is 1. The molecule has 1 N–H and O–H groups in total. The second-order valence-electron chi connectivity index (χ2n) is 10.5. The summed E-state index contributed by atoms with van der Waals surface area (Å²) >= 11 is 0. The lowest BCUT2D eigenvalue weighted by molar-refractivity contribution is 0.0908. The Bertz CT molecular complexity index is 913. The molecule has 0 spiro atoms. The maximum Gasteiger partial charge on any atom is 0.287 e. The van der Waals surface area contributed by atoms with Crippen LogP contribution in [0.25, 0.3) is 0 Å². The van der Waals surface area contributed by atoms with Crippen LogP contribution in [0.15, 0.2) is 28.7 Å². The number of hydrogen-bond donors (Lipinski definition) is 1. The van der Waals surface area contributed by atoms with Crippen molar-refractivity contribution in [3.05, 3.63) is 58.0 Å². The van der Waals surface area contributed by atoms with Crippen LogP contribution in [-0.4, -0.2) is 11.9 Å². The highest BCUT2D eigenvalue weighted by Crippen LogP contribution is 2.46. The third kappa shape index (κ3) is 4.01. The van der Waals surface area contributed by atoms with Gasteiger partial charge in [-0.15, -0.1) is 0 Å². The van der Waals surface area contributed by atoms with Crippen molar-refractivity contribution in [2.24, 2.45) is 0 Å². The van der Waals surface area contributed by atoms with Crippen molar-refractivity contribution in [3.8, 4) is 0 Å². The molecule has 4 rings (SSSR count). The Morgan fingerprint density at radius 3 is 2.31 bits per heavy atom. The molecule has 2 aliphatic rings. The molecule has 1 fully saturated rings. The van der Waals surface area contributed by atoms with E-state index in [4.69, 9.17) is 4.42 Å². The van der Waals surface area contributed by atoms with Crippen LogP contribution in [0.1, 0.15) is 105 Å². The number of hydrogen-bond acceptors (Lipinski definition) is 2. The van der Waals surface area contributed by atoms with E-state index in [0.717, 1.165) is 25.0 Å². The van der Waals surface area contributed by atoms with Gasteiger partial charge in [-0.3, -0.25) is 4.79 Å². The largest absolute Gasteiger partial charge is 0.456 e. The fraction of sp³-hybridized carbons (Fsp3) is 0.577. The zero-order chi connectivity index (χ0) is 20.8. The summed E-state index contributed by atoms with van der Waals surface area (Å²) in [6.45, 7) is 11.6. The van der Waals surface area contributed by atoms with Gasteiger partial charge in [0, 0.05) is 12.5 Å². The second-order valence-corrected chi connectivity index (χ2v) is 10.5. The van der Waals surface area contributed by atoms with Crippen molar-refractivity contribution >= 4 is 5.91 Å². The summed E-state index contributed by atoms with van der Waals surface area (Å²) in [5.74, 6) is 1.22. The van der Waals surface area contributed by atoms with Gasteiger partial charge in [0.2, 0.25) is 0 Å². The Morgan fingerprint density at radius 1 is 1.03 bits per heavy atom. The summed E-state index contributed by atoms with van der Waals surface area (Å²) in [6, 6.07) is 8.87. The van der Waals surface area contributed by atoms with Crippen molar-refractivity contribution in [3.63, 3.8) is 0 Å². The molecule has 0 aliphatic heterocycles. The fourth-order valence-electron chi connectivity index (χ4n) is 5.07. The maximum absolute atomic E-state index is 12.5. The van der Waals surface area contributed by atoms with Gasteiger partial charge in [0.05, 0.1) is 0 Å². The van der Waals surface area contributed by atoms with Crippen LogP contribution in [0.2, 0.25) is 0 Å². The molecule has 0 bridgehead atoms. The molecular weight excluding hydrogens is 358 g/mol. The van der Waals surface area contributed by atoms with Crippen molar-refractivity contribution in [1.29, 1.82) is 0 Å². The standard InChI is InChI=1S/C26H35NO2/c1-17-14-21-22(26(4,5)13-12-25(21,2)3)16-18(17)15-20-10-11-23(29-20)24(28)27-19-8-6-7-9-19/h10-11,14,16,19H,6-9,12-13,15H2,1-5H3,(H,27,28). The summed E-state index contributed by atoms with van der Waals surface area (Å²) in [4.78, 5) is 12.5. The molecule has 0 atom stereocenters. The van der Waals surface area contributed by atoms with Crippen LogP contribution in [0.5, 0.6) is 0 Å². The van der Waals surface area contributed by atoms with E-state index in [9.17, 15) is 4.79 Å². The highest BCUT2D eigenvalue weighted by molar-refractivity contribution is 5.91. The van der Waals surface area contributed by atoms with Crippen molar-refractivity contribution in [2.75, 3.05) is 0 Å². The van der Waals surface area contributed by atoms with E-state index in [1.54, 1.807) is 0 Å². The number of fused-ring (bicyclic) bond motifs is 1. The number of carbonyl (C=O) groups excluding carboxylic acids is 1. The monoisotopic (exact) mass is 393 g/mol. The molecule has 2 aromatic rings. The Kier molecular flexibility index (Phi) is 5.13. The van der Waals surface area contributed by atoms with Gasteiger partial charge >= 0.3 is 0 Å². The Hall–Kier alpha value is -2.03. The predicted octanol–water partition coefficient (Wildman–Crippen LogP) is 6.20. The number of benzene rings is 1. The molecule has 0 saturated heterocycles. The number of aryl methyl sites for hydroxylation is 1. The summed E-state index contributed by atoms with van der Waals surface area (Å²) in [5, 5.41) is 3.11. The molecule has 2 aliphatic carbocycles. The third-order valence-corrected chi connectivity index (χ3v) is 7.25. The Labute approximate surface area is 175 Å². The summed E-state index contributed by atoms with van der Waals surface area (Å²) in [6.07, 6.45) is 7.75. The third-order valence-electron chi connectivity index (χ3n) is 7.25. The molecule has 1 aromatic heterocycles. The van der Waals surface area contributed by atoms with E-state index in [1.807, 2.05) is 12.1 Å². The van der Waals surface area contributed by atoms with Crippen LogP contribution < -0.4 is 5.32 Å². The lowest BCUT2D eigenvalue weighted by Crippen LogP contribution is -2.34. The molecule has 1 aromatic carbocycles. The average Bonchev–Trinajstić information content (AvgIpc) is 3.32. The molecule has 0 radical (unpaired) electrons. The normalized spacial score (nSPS) is 20.4. The second kappa shape index (κ2) is 7.34. The van der Waals surface area contributed by atoms with E-state index in [2.05, 4.69) is 52.1 Å². The van der Waals surface area contributed by atoms with Crippen molar-refractivity contribution < 1.29 is 9.21 Å². The highest BCUT2D eigenvalue weighted by Gasteiger charge is 2.37. The van der Waals surface area contributed by atoms with Crippen LogP contribution in [0.4, 0.5) is 0 Å².